The highest BCUT2D eigenvalue weighted by Crippen LogP contribution is 2.34. The van der Waals surface area contributed by atoms with Crippen molar-refractivity contribution in [3.05, 3.63) is 46.4 Å². The van der Waals surface area contributed by atoms with E-state index in [1.165, 1.54) is 13.3 Å². The fourth-order valence-corrected chi connectivity index (χ4v) is 3.41. The maximum atomic E-state index is 12.6. The molecule has 0 radical (unpaired) electrons. The molecule has 31 heavy (non-hydrogen) atoms. The average molecular weight is 486 g/mol. The van der Waals surface area contributed by atoms with E-state index in [1.807, 2.05) is 24.3 Å². The van der Waals surface area contributed by atoms with Crippen molar-refractivity contribution in [2.45, 2.75) is 6.54 Å². The number of hydrazone groups is 1. The summed E-state index contributed by atoms with van der Waals surface area (Å²) in [5.41, 5.74) is 10.5. The second-order valence-corrected chi connectivity index (χ2v) is 7.21. The topological polar surface area (TPSA) is 154 Å². The Morgan fingerprint density at radius 2 is 2.19 bits per heavy atom. The van der Waals surface area contributed by atoms with Gasteiger partial charge in [-0.05, 0) is 56.1 Å². The van der Waals surface area contributed by atoms with Crippen molar-refractivity contribution >= 4 is 44.9 Å². The molecule has 4 aromatic rings. The number of aromatic hydroxyl groups is 1. The van der Waals surface area contributed by atoms with Crippen molar-refractivity contribution in [3.63, 3.8) is 0 Å². The highest BCUT2D eigenvalue weighted by molar-refractivity contribution is 9.10. The van der Waals surface area contributed by atoms with Gasteiger partial charge in [0.1, 0.15) is 6.54 Å². The summed E-state index contributed by atoms with van der Waals surface area (Å²) in [5, 5.41) is 21.2. The number of nitrogens with zero attached hydrogens (tertiary/aromatic N) is 5. The number of hydrogen-bond donors (Lipinski definition) is 3. The number of benzene rings is 2. The molecule has 2 aromatic carbocycles. The summed E-state index contributed by atoms with van der Waals surface area (Å²) in [6.45, 7) is -0.0952. The first-order valence-electron chi connectivity index (χ1n) is 8.90. The molecule has 4 rings (SSSR count). The molecule has 0 aliphatic heterocycles. The number of carbonyl (C=O) groups is 1. The van der Waals surface area contributed by atoms with Gasteiger partial charge in [0.25, 0.3) is 5.91 Å². The SMILES string of the molecule is COc1cc(C=NNC(=O)Cn2c(-c3nonc3N)nc3ccccc32)cc(Br)c1O. The van der Waals surface area contributed by atoms with Gasteiger partial charge in [0.15, 0.2) is 28.8 Å². The number of fused-ring (bicyclic) bond motifs is 1. The van der Waals surface area contributed by atoms with Gasteiger partial charge in [0, 0.05) is 0 Å². The third-order valence-corrected chi connectivity index (χ3v) is 4.96. The van der Waals surface area contributed by atoms with E-state index in [0.717, 1.165) is 0 Å². The Bertz CT molecular complexity index is 1300. The standard InChI is InChI=1S/C19H16BrN7O4/c1-30-14-7-10(6-11(20)17(14)29)8-22-24-15(28)9-27-13-5-3-2-4-12(13)23-19(27)16-18(21)26-31-25-16/h2-8,29H,9H2,1H3,(H2,21,26)(H,24,28). The number of rotatable bonds is 6. The second kappa shape index (κ2) is 8.44. The van der Waals surface area contributed by atoms with Crippen molar-refractivity contribution in [1.82, 2.24) is 25.3 Å². The van der Waals surface area contributed by atoms with E-state index in [9.17, 15) is 9.90 Å². The quantitative estimate of drug-likeness (QED) is 0.277. The lowest BCUT2D eigenvalue weighted by Crippen LogP contribution is -2.23. The van der Waals surface area contributed by atoms with Crippen molar-refractivity contribution in [1.29, 1.82) is 0 Å². The van der Waals surface area contributed by atoms with Crippen molar-refractivity contribution in [2.75, 3.05) is 12.8 Å². The monoisotopic (exact) mass is 485 g/mol. The van der Waals surface area contributed by atoms with Gasteiger partial charge < -0.3 is 20.1 Å². The Balaban J connectivity index is 1.56. The van der Waals surface area contributed by atoms with Gasteiger partial charge in [-0.2, -0.15) is 5.10 Å². The van der Waals surface area contributed by atoms with Gasteiger partial charge in [-0.25, -0.2) is 15.0 Å². The van der Waals surface area contributed by atoms with Crippen LogP contribution in [0.3, 0.4) is 0 Å². The number of anilines is 1. The molecule has 0 unspecified atom stereocenters. The zero-order valence-electron chi connectivity index (χ0n) is 16.1. The number of imidazole rings is 1. The number of nitrogens with two attached hydrogens (primary N) is 1. The van der Waals surface area contributed by atoms with Crippen LogP contribution in [-0.4, -0.2) is 44.2 Å². The van der Waals surface area contributed by atoms with Gasteiger partial charge in [0.05, 0.1) is 28.8 Å². The van der Waals surface area contributed by atoms with E-state index in [1.54, 1.807) is 16.7 Å². The number of phenols is 1. The predicted molar refractivity (Wildman–Crippen MR) is 116 cm³/mol. The van der Waals surface area contributed by atoms with E-state index in [0.29, 0.717) is 26.9 Å². The summed E-state index contributed by atoms with van der Waals surface area (Å²) in [7, 11) is 1.44. The third-order valence-electron chi connectivity index (χ3n) is 4.36. The molecule has 1 amide bonds. The zero-order chi connectivity index (χ0) is 22.0. The number of nitrogen functional groups attached to an aromatic ring is 1. The Kier molecular flexibility index (Phi) is 5.54. The summed E-state index contributed by atoms with van der Waals surface area (Å²) in [6.07, 6.45) is 1.43. The summed E-state index contributed by atoms with van der Waals surface area (Å²) >= 11 is 3.24. The molecule has 0 fully saturated rings. The highest BCUT2D eigenvalue weighted by Gasteiger charge is 2.20. The third kappa shape index (κ3) is 4.05. The van der Waals surface area contributed by atoms with Crippen molar-refractivity contribution in [2.24, 2.45) is 5.10 Å². The fraction of sp³-hybridized carbons (Fsp3) is 0.105. The molecule has 0 saturated carbocycles. The molecule has 158 valence electrons. The van der Waals surface area contributed by atoms with Gasteiger partial charge in [-0.3, -0.25) is 4.79 Å². The van der Waals surface area contributed by atoms with Crippen LogP contribution in [0.1, 0.15) is 5.56 Å². The van der Waals surface area contributed by atoms with E-state index >= 15 is 0 Å². The smallest absolute Gasteiger partial charge is 0.260 e. The second-order valence-electron chi connectivity index (χ2n) is 6.36. The predicted octanol–water partition coefficient (Wildman–Crippen LogP) is 2.30. The molecule has 0 atom stereocenters. The maximum absolute atomic E-state index is 12.6. The molecular weight excluding hydrogens is 470 g/mol. The Morgan fingerprint density at radius 3 is 2.94 bits per heavy atom. The van der Waals surface area contributed by atoms with Crippen LogP contribution in [0.4, 0.5) is 5.82 Å². The van der Waals surface area contributed by atoms with Crippen LogP contribution >= 0.6 is 15.9 Å². The van der Waals surface area contributed by atoms with Gasteiger partial charge in [-0.1, -0.05) is 12.1 Å². The lowest BCUT2D eigenvalue weighted by Gasteiger charge is -2.07. The van der Waals surface area contributed by atoms with E-state index < -0.39 is 5.91 Å². The van der Waals surface area contributed by atoms with Crippen LogP contribution in [0.2, 0.25) is 0 Å². The largest absolute Gasteiger partial charge is 0.503 e. The zero-order valence-corrected chi connectivity index (χ0v) is 17.7. The van der Waals surface area contributed by atoms with Gasteiger partial charge >= 0.3 is 0 Å². The maximum Gasteiger partial charge on any atom is 0.260 e. The lowest BCUT2D eigenvalue weighted by molar-refractivity contribution is -0.121. The summed E-state index contributed by atoms with van der Waals surface area (Å²) in [4.78, 5) is 17.1. The van der Waals surface area contributed by atoms with Crippen LogP contribution in [0.15, 0.2) is 50.6 Å². The summed E-state index contributed by atoms with van der Waals surface area (Å²) < 4.78 is 11.9. The number of halogens is 1. The highest BCUT2D eigenvalue weighted by atomic mass is 79.9. The van der Waals surface area contributed by atoms with Crippen LogP contribution in [0.25, 0.3) is 22.6 Å². The molecule has 4 N–H and O–H groups in total. The molecule has 0 saturated heterocycles. The van der Waals surface area contributed by atoms with Crippen LogP contribution in [0.5, 0.6) is 11.5 Å². The number of ether oxygens (including phenoxy) is 1. The number of methoxy groups -OCH3 is 1. The number of carbonyl (C=O) groups excluding carboxylic acids is 1. The molecule has 12 heteroatoms. The van der Waals surface area contributed by atoms with Gasteiger partial charge in [0.2, 0.25) is 0 Å². The Morgan fingerprint density at radius 1 is 1.39 bits per heavy atom. The summed E-state index contributed by atoms with van der Waals surface area (Å²) in [5.74, 6) is 0.272. The average Bonchev–Trinajstić information content (AvgIpc) is 3.33. The van der Waals surface area contributed by atoms with E-state index in [-0.39, 0.29) is 29.6 Å². The molecular formula is C19H16BrN7O4. The lowest BCUT2D eigenvalue weighted by atomic mass is 10.2. The first-order chi connectivity index (χ1) is 15.0. The number of nitrogens with one attached hydrogen (secondary N) is 1. The number of para-hydroxylation sites is 2. The van der Waals surface area contributed by atoms with E-state index in [4.69, 9.17) is 10.5 Å². The first kappa shape index (κ1) is 20.3. The number of amides is 1. The number of phenolic OH excluding ortho intramolecular Hbond substituents is 1. The summed E-state index contributed by atoms with van der Waals surface area (Å²) in [6, 6.07) is 10.5. The number of hydrogen-bond acceptors (Lipinski definition) is 9. The van der Waals surface area contributed by atoms with Crippen LogP contribution < -0.4 is 15.9 Å². The number of aromatic nitrogens is 4. The minimum Gasteiger partial charge on any atom is -0.503 e. The molecule has 0 aliphatic carbocycles. The molecule has 2 heterocycles. The molecule has 0 spiro atoms. The molecule has 0 bridgehead atoms. The van der Waals surface area contributed by atoms with E-state index in [2.05, 4.69) is 46.4 Å². The molecule has 0 aliphatic rings. The van der Waals surface area contributed by atoms with Crippen LogP contribution in [-0.2, 0) is 11.3 Å². The molecule has 2 aromatic heterocycles. The Labute approximate surface area is 183 Å². The first-order valence-corrected chi connectivity index (χ1v) is 9.69. The van der Waals surface area contributed by atoms with Crippen LogP contribution in [0, 0.1) is 0 Å². The van der Waals surface area contributed by atoms with Crippen molar-refractivity contribution < 1.29 is 19.3 Å². The van der Waals surface area contributed by atoms with Crippen molar-refractivity contribution in [3.8, 4) is 23.0 Å². The Hall–Kier alpha value is -3.93. The molecule has 11 nitrogen and oxygen atoms in total. The minimum atomic E-state index is -0.402. The normalized spacial score (nSPS) is 11.3. The fourth-order valence-electron chi connectivity index (χ4n) is 2.95. The van der Waals surface area contributed by atoms with Gasteiger partial charge in [-0.15, -0.1) is 0 Å². The minimum absolute atomic E-state index is 0.0233.